The Labute approximate surface area is 130 Å². The lowest BCUT2D eigenvalue weighted by Crippen LogP contribution is -2.44. The van der Waals surface area contributed by atoms with Crippen LogP contribution in [0, 0.1) is 5.92 Å². The SMILES string of the molecule is CC=C1CN2CC=c3c([nH]c4ccccc34)=C2CC1CCO. The van der Waals surface area contributed by atoms with E-state index in [1.54, 1.807) is 0 Å². The van der Waals surface area contributed by atoms with Crippen molar-refractivity contribution < 1.29 is 5.11 Å². The standard InChI is InChI=1S/C19H22N2O/c1-2-13-12-21-9-7-16-15-5-3-4-6-17(15)20-19(16)18(21)11-14(13)8-10-22/h2-7,14,20,22H,8-12H2,1H3. The number of hydrogen-bond acceptors (Lipinski definition) is 2. The zero-order valence-electron chi connectivity index (χ0n) is 13.0. The molecule has 0 amide bonds. The molecule has 114 valence electrons. The number of rotatable bonds is 2. The normalized spacial score (nSPS) is 22.6. The molecule has 2 N–H and O–H groups in total. The minimum atomic E-state index is 0.265. The van der Waals surface area contributed by atoms with Crippen LogP contribution in [0.1, 0.15) is 19.8 Å². The van der Waals surface area contributed by atoms with E-state index in [1.807, 2.05) is 0 Å². The van der Waals surface area contributed by atoms with Crippen molar-refractivity contribution in [2.45, 2.75) is 19.8 Å². The first-order valence-electron chi connectivity index (χ1n) is 8.12. The van der Waals surface area contributed by atoms with Gasteiger partial charge >= 0.3 is 0 Å². The second kappa shape index (κ2) is 5.33. The molecule has 2 aliphatic heterocycles. The fourth-order valence-electron chi connectivity index (χ4n) is 3.95. The van der Waals surface area contributed by atoms with Gasteiger partial charge in [-0.15, -0.1) is 0 Å². The lowest BCUT2D eigenvalue weighted by Gasteiger charge is -2.38. The van der Waals surface area contributed by atoms with Crippen LogP contribution in [0.25, 0.3) is 22.7 Å². The summed E-state index contributed by atoms with van der Waals surface area (Å²) in [5.41, 5.74) is 4.09. The minimum absolute atomic E-state index is 0.265. The number of nitrogens with one attached hydrogen (secondary N) is 1. The highest BCUT2D eigenvalue weighted by atomic mass is 16.3. The highest BCUT2D eigenvalue weighted by Crippen LogP contribution is 2.32. The van der Waals surface area contributed by atoms with Crippen LogP contribution in [0.15, 0.2) is 35.9 Å². The van der Waals surface area contributed by atoms with Gasteiger partial charge in [-0.2, -0.15) is 0 Å². The van der Waals surface area contributed by atoms with Gasteiger partial charge in [0.2, 0.25) is 0 Å². The largest absolute Gasteiger partial charge is 0.396 e. The molecular formula is C19H22N2O. The Morgan fingerprint density at radius 3 is 3.05 bits per heavy atom. The van der Waals surface area contributed by atoms with Crippen molar-refractivity contribution in [2.24, 2.45) is 5.92 Å². The topological polar surface area (TPSA) is 39.3 Å². The predicted molar refractivity (Wildman–Crippen MR) is 90.6 cm³/mol. The third-order valence-corrected chi connectivity index (χ3v) is 5.12. The van der Waals surface area contributed by atoms with Gasteiger partial charge in [-0.1, -0.05) is 35.9 Å². The molecule has 2 aliphatic rings. The molecule has 0 radical (unpaired) electrons. The number of H-pyrrole nitrogens is 1. The van der Waals surface area contributed by atoms with Gasteiger partial charge in [0, 0.05) is 41.5 Å². The fraction of sp³-hybridized carbons (Fsp3) is 0.368. The molecule has 4 rings (SSSR count). The van der Waals surface area contributed by atoms with E-state index in [0.717, 1.165) is 25.9 Å². The molecule has 1 saturated heterocycles. The third-order valence-electron chi connectivity index (χ3n) is 5.12. The van der Waals surface area contributed by atoms with Crippen LogP contribution in [0.3, 0.4) is 0 Å². The molecule has 1 aromatic heterocycles. The Morgan fingerprint density at radius 2 is 2.23 bits per heavy atom. The quantitative estimate of drug-likeness (QED) is 0.828. The predicted octanol–water partition coefficient (Wildman–Crippen LogP) is 1.72. The van der Waals surface area contributed by atoms with Crippen molar-refractivity contribution in [3.05, 3.63) is 46.5 Å². The van der Waals surface area contributed by atoms with Gasteiger partial charge in [-0.3, -0.25) is 0 Å². The summed E-state index contributed by atoms with van der Waals surface area (Å²) in [4.78, 5) is 6.09. The number of para-hydroxylation sites is 1. The van der Waals surface area contributed by atoms with E-state index in [0.29, 0.717) is 5.92 Å². The number of aliphatic hydroxyl groups is 1. The summed E-state index contributed by atoms with van der Waals surface area (Å²) in [6.45, 7) is 4.35. The van der Waals surface area contributed by atoms with Crippen LogP contribution in [-0.4, -0.2) is 34.7 Å². The summed E-state index contributed by atoms with van der Waals surface area (Å²) in [7, 11) is 0. The van der Waals surface area contributed by atoms with Crippen LogP contribution >= 0.6 is 0 Å². The molecule has 2 aromatic rings. The van der Waals surface area contributed by atoms with Gasteiger partial charge in [0.25, 0.3) is 0 Å². The third kappa shape index (κ3) is 2.00. The number of aromatic amines is 1. The van der Waals surface area contributed by atoms with Crippen LogP contribution in [0.4, 0.5) is 0 Å². The van der Waals surface area contributed by atoms with Gasteiger partial charge in [-0.25, -0.2) is 0 Å². The zero-order chi connectivity index (χ0) is 15.1. The highest BCUT2D eigenvalue weighted by Gasteiger charge is 2.28. The second-order valence-electron chi connectivity index (χ2n) is 6.27. The Balaban J connectivity index is 1.90. The first-order valence-corrected chi connectivity index (χ1v) is 8.12. The van der Waals surface area contributed by atoms with Crippen molar-refractivity contribution in [3.63, 3.8) is 0 Å². The molecule has 0 saturated carbocycles. The smallest absolute Gasteiger partial charge is 0.0657 e. The molecule has 1 atom stereocenters. The van der Waals surface area contributed by atoms with E-state index in [2.05, 4.69) is 53.2 Å². The second-order valence-corrected chi connectivity index (χ2v) is 6.27. The summed E-state index contributed by atoms with van der Waals surface area (Å²) in [5.74, 6) is 0.471. The summed E-state index contributed by atoms with van der Waals surface area (Å²) in [5, 5.41) is 13.3. The Hall–Kier alpha value is -2.00. The van der Waals surface area contributed by atoms with Gasteiger partial charge in [-0.05, 0) is 31.7 Å². The van der Waals surface area contributed by atoms with Crippen molar-refractivity contribution in [2.75, 3.05) is 19.7 Å². The molecule has 1 aromatic carbocycles. The minimum Gasteiger partial charge on any atom is -0.396 e. The van der Waals surface area contributed by atoms with E-state index in [9.17, 15) is 5.11 Å². The number of aliphatic hydroxyl groups excluding tert-OH is 1. The van der Waals surface area contributed by atoms with Gasteiger partial charge in [0.15, 0.2) is 0 Å². The van der Waals surface area contributed by atoms with Crippen LogP contribution in [0.5, 0.6) is 0 Å². The Bertz CT molecular complexity index is 859. The zero-order valence-corrected chi connectivity index (χ0v) is 13.0. The molecule has 1 fully saturated rings. The lowest BCUT2D eigenvalue weighted by atomic mass is 9.85. The maximum atomic E-state index is 9.37. The van der Waals surface area contributed by atoms with E-state index < -0.39 is 0 Å². The summed E-state index contributed by atoms with van der Waals surface area (Å²) < 4.78 is 0. The first-order chi connectivity index (χ1) is 10.8. The summed E-state index contributed by atoms with van der Waals surface area (Å²) >= 11 is 0. The number of hydrogen-bond donors (Lipinski definition) is 2. The molecule has 0 spiro atoms. The maximum Gasteiger partial charge on any atom is 0.0657 e. The van der Waals surface area contributed by atoms with Crippen LogP contribution < -0.4 is 10.6 Å². The van der Waals surface area contributed by atoms with Gasteiger partial charge < -0.3 is 15.0 Å². The molecular weight excluding hydrogens is 272 g/mol. The van der Waals surface area contributed by atoms with E-state index in [-0.39, 0.29) is 6.61 Å². The number of aromatic nitrogens is 1. The first kappa shape index (κ1) is 13.6. The van der Waals surface area contributed by atoms with E-state index in [1.165, 1.54) is 32.7 Å². The monoisotopic (exact) mass is 294 g/mol. The maximum absolute atomic E-state index is 9.37. The molecule has 3 nitrogen and oxygen atoms in total. The van der Waals surface area contributed by atoms with Crippen molar-refractivity contribution in [1.82, 2.24) is 9.88 Å². The van der Waals surface area contributed by atoms with Gasteiger partial charge in [0.1, 0.15) is 0 Å². The molecule has 3 heteroatoms. The lowest BCUT2D eigenvalue weighted by molar-refractivity contribution is 0.254. The van der Waals surface area contributed by atoms with Crippen molar-refractivity contribution in [3.8, 4) is 0 Å². The fourth-order valence-corrected chi connectivity index (χ4v) is 3.95. The summed E-state index contributed by atoms with van der Waals surface area (Å²) in [6, 6.07) is 8.54. The molecule has 3 heterocycles. The molecule has 22 heavy (non-hydrogen) atoms. The molecule has 0 aliphatic carbocycles. The molecule has 0 bridgehead atoms. The highest BCUT2D eigenvalue weighted by molar-refractivity contribution is 5.82. The van der Waals surface area contributed by atoms with Gasteiger partial charge in [0.05, 0.1) is 5.35 Å². The van der Waals surface area contributed by atoms with Crippen molar-refractivity contribution in [1.29, 1.82) is 0 Å². The number of benzene rings is 1. The average Bonchev–Trinajstić information content (AvgIpc) is 2.93. The number of nitrogens with zero attached hydrogens (tertiary/aromatic N) is 1. The Kier molecular flexibility index (Phi) is 3.30. The number of allylic oxidation sites excluding steroid dienone is 1. The van der Waals surface area contributed by atoms with E-state index >= 15 is 0 Å². The number of fused-ring (bicyclic) bond motifs is 4. The average molecular weight is 294 g/mol. The van der Waals surface area contributed by atoms with Crippen LogP contribution in [-0.2, 0) is 0 Å². The Morgan fingerprint density at radius 1 is 1.36 bits per heavy atom. The van der Waals surface area contributed by atoms with E-state index in [4.69, 9.17) is 0 Å². The van der Waals surface area contributed by atoms with Crippen molar-refractivity contribution >= 4 is 22.7 Å². The van der Waals surface area contributed by atoms with Crippen LogP contribution in [0.2, 0.25) is 0 Å². The molecule has 1 unspecified atom stereocenters. The number of piperidine rings is 1. The summed E-state index contributed by atoms with van der Waals surface area (Å²) in [6.07, 6.45) is 6.46.